The third kappa shape index (κ3) is 2.61. The van der Waals surface area contributed by atoms with Crippen molar-refractivity contribution in [2.24, 2.45) is 0 Å². The SMILES string of the molecule is Nc1ccc(C(=O)N2CCCC2C(=O)NC2CC2)cc1. The Balaban J connectivity index is 1.72. The number of benzene rings is 1. The average molecular weight is 273 g/mol. The molecule has 3 N–H and O–H groups in total. The largest absolute Gasteiger partial charge is 0.399 e. The lowest BCUT2D eigenvalue weighted by atomic mass is 10.1. The first-order valence-corrected chi connectivity index (χ1v) is 7.12. The first-order valence-electron chi connectivity index (χ1n) is 7.12. The molecule has 1 saturated heterocycles. The van der Waals surface area contributed by atoms with E-state index in [0.717, 1.165) is 25.7 Å². The number of nitrogens with zero attached hydrogens (tertiary/aromatic N) is 1. The molecule has 2 aliphatic rings. The van der Waals surface area contributed by atoms with Crippen LogP contribution in [0.4, 0.5) is 5.69 Å². The van der Waals surface area contributed by atoms with E-state index < -0.39 is 0 Å². The van der Waals surface area contributed by atoms with Gasteiger partial charge in [-0.05, 0) is 49.9 Å². The summed E-state index contributed by atoms with van der Waals surface area (Å²) in [6, 6.07) is 6.86. The average Bonchev–Trinajstić information content (AvgIpc) is 3.11. The summed E-state index contributed by atoms with van der Waals surface area (Å²) in [5.41, 5.74) is 6.85. The molecule has 2 fully saturated rings. The van der Waals surface area contributed by atoms with Crippen molar-refractivity contribution in [1.82, 2.24) is 10.2 Å². The highest BCUT2D eigenvalue weighted by Gasteiger charge is 2.36. The van der Waals surface area contributed by atoms with Crippen LogP contribution < -0.4 is 11.1 Å². The third-order valence-electron chi connectivity index (χ3n) is 3.90. The minimum atomic E-state index is -0.319. The Morgan fingerprint density at radius 1 is 1.15 bits per heavy atom. The molecule has 106 valence electrons. The second-order valence-electron chi connectivity index (χ2n) is 5.56. The summed E-state index contributed by atoms with van der Waals surface area (Å²) in [6.45, 7) is 0.645. The minimum Gasteiger partial charge on any atom is -0.399 e. The number of nitrogens with one attached hydrogen (secondary N) is 1. The van der Waals surface area contributed by atoms with Crippen LogP contribution in [0.5, 0.6) is 0 Å². The van der Waals surface area contributed by atoms with Crippen LogP contribution in [0.3, 0.4) is 0 Å². The molecule has 0 bridgehead atoms. The van der Waals surface area contributed by atoms with Gasteiger partial charge in [-0.2, -0.15) is 0 Å². The maximum Gasteiger partial charge on any atom is 0.254 e. The van der Waals surface area contributed by atoms with Crippen LogP contribution in [0.1, 0.15) is 36.0 Å². The normalized spacial score (nSPS) is 21.8. The van der Waals surface area contributed by atoms with E-state index in [1.807, 2.05) is 0 Å². The molecular formula is C15H19N3O2. The van der Waals surface area contributed by atoms with Gasteiger partial charge in [0, 0.05) is 23.8 Å². The van der Waals surface area contributed by atoms with Crippen molar-refractivity contribution >= 4 is 17.5 Å². The van der Waals surface area contributed by atoms with Crippen molar-refractivity contribution in [3.05, 3.63) is 29.8 Å². The monoisotopic (exact) mass is 273 g/mol. The molecule has 1 aliphatic carbocycles. The van der Waals surface area contributed by atoms with Gasteiger partial charge in [0.05, 0.1) is 0 Å². The number of carbonyl (C=O) groups excluding carboxylic acids is 2. The first kappa shape index (κ1) is 13.0. The van der Waals surface area contributed by atoms with Gasteiger partial charge in [-0.15, -0.1) is 0 Å². The van der Waals surface area contributed by atoms with Gasteiger partial charge in [-0.25, -0.2) is 0 Å². The molecule has 1 heterocycles. The number of rotatable bonds is 3. The van der Waals surface area contributed by atoms with E-state index in [2.05, 4.69) is 5.32 Å². The van der Waals surface area contributed by atoms with Crippen LogP contribution in [-0.4, -0.2) is 35.3 Å². The number of anilines is 1. The van der Waals surface area contributed by atoms with Gasteiger partial charge in [-0.1, -0.05) is 0 Å². The molecular weight excluding hydrogens is 254 g/mol. The predicted octanol–water partition coefficient (Wildman–Crippen LogP) is 1.15. The second kappa shape index (κ2) is 5.15. The molecule has 1 saturated carbocycles. The van der Waals surface area contributed by atoms with Crippen LogP contribution in [0.2, 0.25) is 0 Å². The van der Waals surface area contributed by atoms with E-state index in [1.54, 1.807) is 29.2 Å². The smallest absolute Gasteiger partial charge is 0.254 e. The summed E-state index contributed by atoms with van der Waals surface area (Å²) >= 11 is 0. The van der Waals surface area contributed by atoms with Gasteiger partial charge in [0.2, 0.25) is 5.91 Å². The summed E-state index contributed by atoms with van der Waals surface area (Å²) in [4.78, 5) is 26.3. The molecule has 5 nitrogen and oxygen atoms in total. The Bertz CT molecular complexity index is 522. The summed E-state index contributed by atoms with van der Waals surface area (Å²) in [7, 11) is 0. The van der Waals surface area contributed by atoms with Crippen LogP contribution in [-0.2, 0) is 4.79 Å². The van der Waals surface area contributed by atoms with Crippen molar-refractivity contribution in [1.29, 1.82) is 0 Å². The Morgan fingerprint density at radius 2 is 1.85 bits per heavy atom. The molecule has 5 heteroatoms. The summed E-state index contributed by atoms with van der Waals surface area (Å²) in [6.07, 6.45) is 3.75. The summed E-state index contributed by atoms with van der Waals surface area (Å²) < 4.78 is 0. The molecule has 3 rings (SSSR count). The Labute approximate surface area is 118 Å². The number of hydrogen-bond donors (Lipinski definition) is 2. The lowest BCUT2D eigenvalue weighted by molar-refractivity contribution is -0.125. The quantitative estimate of drug-likeness (QED) is 0.811. The van der Waals surface area contributed by atoms with Gasteiger partial charge in [0.25, 0.3) is 5.91 Å². The third-order valence-corrected chi connectivity index (χ3v) is 3.90. The molecule has 20 heavy (non-hydrogen) atoms. The molecule has 1 aromatic rings. The number of hydrogen-bond acceptors (Lipinski definition) is 3. The lowest BCUT2D eigenvalue weighted by Crippen LogP contribution is -2.46. The molecule has 1 atom stereocenters. The predicted molar refractivity (Wildman–Crippen MR) is 76.1 cm³/mol. The van der Waals surface area contributed by atoms with E-state index >= 15 is 0 Å². The fourth-order valence-corrected chi connectivity index (χ4v) is 2.60. The maximum absolute atomic E-state index is 12.5. The highest BCUT2D eigenvalue weighted by molar-refractivity contribution is 5.98. The number of carbonyl (C=O) groups is 2. The van der Waals surface area contributed by atoms with Gasteiger partial charge >= 0.3 is 0 Å². The first-order chi connectivity index (χ1) is 9.65. The lowest BCUT2D eigenvalue weighted by Gasteiger charge is -2.24. The molecule has 0 spiro atoms. The number of amides is 2. The topological polar surface area (TPSA) is 75.4 Å². The number of nitrogen functional groups attached to an aromatic ring is 1. The Morgan fingerprint density at radius 3 is 2.50 bits per heavy atom. The molecule has 1 aromatic carbocycles. The van der Waals surface area contributed by atoms with E-state index in [1.165, 1.54) is 0 Å². The van der Waals surface area contributed by atoms with E-state index in [0.29, 0.717) is 23.8 Å². The second-order valence-corrected chi connectivity index (χ2v) is 5.56. The highest BCUT2D eigenvalue weighted by Crippen LogP contribution is 2.24. The zero-order valence-electron chi connectivity index (χ0n) is 11.3. The van der Waals surface area contributed by atoms with Crippen molar-refractivity contribution in [2.45, 2.75) is 37.8 Å². The van der Waals surface area contributed by atoms with Crippen molar-refractivity contribution in [3.8, 4) is 0 Å². The summed E-state index contributed by atoms with van der Waals surface area (Å²) in [5.74, 6) is -0.0905. The van der Waals surface area contributed by atoms with Crippen LogP contribution in [0.15, 0.2) is 24.3 Å². The van der Waals surface area contributed by atoms with Crippen molar-refractivity contribution in [2.75, 3.05) is 12.3 Å². The van der Waals surface area contributed by atoms with E-state index in [4.69, 9.17) is 5.73 Å². The number of likely N-dealkylation sites (tertiary alicyclic amines) is 1. The Kier molecular flexibility index (Phi) is 3.34. The standard InChI is InChI=1S/C15H19N3O2/c16-11-5-3-10(4-6-11)15(20)18-9-1-2-13(18)14(19)17-12-7-8-12/h3-6,12-13H,1-2,7-9,16H2,(H,17,19). The minimum absolute atomic E-state index is 0.00575. The molecule has 0 radical (unpaired) electrons. The fourth-order valence-electron chi connectivity index (χ4n) is 2.60. The van der Waals surface area contributed by atoms with Gasteiger partial charge in [0.15, 0.2) is 0 Å². The van der Waals surface area contributed by atoms with Crippen LogP contribution >= 0.6 is 0 Å². The van der Waals surface area contributed by atoms with Gasteiger partial charge < -0.3 is 16.0 Å². The van der Waals surface area contributed by atoms with Crippen molar-refractivity contribution < 1.29 is 9.59 Å². The number of nitrogens with two attached hydrogens (primary N) is 1. The zero-order chi connectivity index (χ0) is 14.1. The summed E-state index contributed by atoms with van der Waals surface area (Å²) in [5, 5.41) is 2.99. The van der Waals surface area contributed by atoms with Gasteiger partial charge in [-0.3, -0.25) is 9.59 Å². The zero-order valence-corrected chi connectivity index (χ0v) is 11.3. The fraction of sp³-hybridized carbons (Fsp3) is 0.467. The molecule has 0 aromatic heterocycles. The Hall–Kier alpha value is -2.04. The van der Waals surface area contributed by atoms with Gasteiger partial charge in [0.1, 0.15) is 6.04 Å². The van der Waals surface area contributed by atoms with Crippen molar-refractivity contribution in [3.63, 3.8) is 0 Å². The van der Waals surface area contributed by atoms with Crippen LogP contribution in [0, 0.1) is 0 Å². The highest BCUT2D eigenvalue weighted by atomic mass is 16.2. The van der Waals surface area contributed by atoms with Crippen LogP contribution in [0.25, 0.3) is 0 Å². The molecule has 2 amide bonds. The molecule has 1 aliphatic heterocycles. The van der Waals surface area contributed by atoms with E-state index in [-0.39, 0.29) is 17.9 Å². The van der Waals surface area contributed by atoms with E-state index in [9.17, 15) is 9.59 Å². The molecule has 1 unspecified atom stereocenters. The maximum atomic E-state index is 12.5.